The Bertz CT molecular complexity index is 1050. The lowest BCUT2D eigenvalue weighted by atomic mass is 10.1. The maximum Gasteiger partial charge on any atom is 0.297 e. The van der Waals surface area contributed by atoms with Crippen LogP contribution in [0.3, 0.4) is 0 Å². The lowest BCUT2D eigenvalue weighted by Crippen LogP contribution is -2.26. The Kier molecular flexibility index (Phi) is 6.70. The summed E-state index contributed by atoms with van der Waals surface area (Å²) in [5, 5.41) is 12.2. The molecule has 1 aromatic heterocycles. The van der Waals surface area contributed by atoms with Crippen molar-refractivity contribution in [1.29, 1.82) is 0 Å². The third-order valence-corrected chi connectivity index (χ3v) is 5.93. The van der Waals surface area contributed by atoms with Crippen molar-refractivity contribution in [3.05, 3.63) is 86.6 Å². The molecule has 0 amide bonds. The normalized spacial score (nSPS) is 10.7. The predicted octanol–water partition coefficient (Wildman–Crippen LogP) is 5.24. The Morgan fingerprint density at radius 1 is 1.18 bits per heavy atom. The molecule has 5 nitrogen and oxygen atoms in total. The predicted molar refractivity (Wildman–Crippen MR) is 119 cm³/mol. The largest absolute Gasteiger partial charge is 0.334 e. The van der Waals surface area contributed by atoms with E-state index in [2.05, 4.69) is 38.0 Å². The van der Waals surface area contributed by atoms with Gasteiger partial charge in [0.2, 0.25) is 5.82 Å². The van der Waals surface area contributed by atoms with Crippen molar-refractivity contribution in [3.8, 4) is 0 Å². The third-order valence-electron chi connectivity index (χ3n) is 4.36. The molecule has 3 aromatic rings. The molecule has 0 saturated carbocycles. The fourth-order valence-corrected chi connectivity index (χ4v) is 3.79. The molecule has 0 atom stereocenters. The number of aryl methyl sites for hydroxylation is 1. The molecule has 0 unspecified atom stereocenters. The van der Waals surface area contributed by atoms with Crippen molar-refractivity contribution >= 4 is 39.2 Å². The summed E-state index contributed by atoms with van der Waals surface area (Å²) >= 11 is 4.91. The quantitative estimate of drug-likeness (QED) is 0.389. The highest BCUT2D eigenvalue weighted by atomic mass is 79.9. The number of aromatic nitrogens is 3. The maximum absolute atomic E-state index is 13.0. The number of benzene rings is 2. The van der Waals surface area contributed by atoms with E-state index in [-0.39, 0.29) is 11.4 Å². The molecule has 0 radical (unpaired) electrons. The highest BCUT2D eigenvalue weighted by Gasteiger charge is 2.13. The van der Waals surface area contributed by atoms with E-state index in [1.54, 1.807) is 10.6 Å². The lowest BCUT2D eigenvalue weighted by molar-refractivity contribution is 0.626. The summed E-state index contributed by atoms with van der Waals surface area (Å²) in [6.07, 6.45) is 1.69. The minimum absolute atomic E-state index is 0.212. The monoisotopic (exact) mass is 456 g/mol. The van der Waals surface area contributed by atoms with E-state index in [1.807, 2.05) is 56.3 Å². The zero-order chi connectivity index (χ0) is 20.1. The number of rotatable bonds is 7. The first-order valence-corrected chi connectivity index (χ1v) is 10.6. The van der Waals surface area contributed by atoms with Gasteiger partial charge in [-0.25, -0.2) is 0 Å². The van der Waals surface area contributed by atoms with E-state index < -0.39 is 0 Å². The summed E-state index contributed by atoms with van der Waals surface area (Å²) in [5.74, 6) is 0.908. The number of thioether (sulfide) groups is 1. The minimum atomic E-state index is -0.214. The number of hydrogen-bond donors (Lipinski definition) is 1. The summed E-state index contributed by atoms with van der Waals surface area (Å²) in [5.41, 5.74) is 4.00. The highest BCUT2D eigenvalue weighted by molar-refractivity contribution is 9.10. The summed E-state index contributed by atoms with van der Waals surface area (Å²) in [6, 6.07) is 14.0. The van der Waals surface area contributed by atoms with Gasteiger partial charge in [-0.05, 0) is 48.7 Å². The van der Waals surface area contributed by atoms with E-state index in [9.17, 15) is 4.79 Å². The zero-order valence-corrected chi connectivity index (χ0v) is 18.2. The summed E-state index contributed by atoms with van der Waals surface area (Å²) in [4.78, 5) is 13.0. The maximum atomic E-state index is 13.0. The molecule has 7 heteroatoms. The van der Waals surface area contributed by atoms with Crippen molar-refractivity contribution in [3.63, 3.8) is 0 Å². The van der Waals surface area contributed by atoms with Crippen molar-refractivity contribution in [2.45, 2.75) is 31.3 Å². The number of halogens is 1. The number of allylic oxidation sites excluding steroid dienone is 1. The Morgan fingerprint density at radius 3 is 2.64 bits per heavy atom. The molecular weight excluding hydrogens is 436 g/mol. The van der Waals surface area contributed by atoms with E-state index in [0.29, 0.717) is 17.5 Å². The van der Waals surface area contributed by atoms with Gasteiger partial charge in [-0.1, -0.05) is 58.0 Å². The minimum Gasteiger partial charge on any atom is -0.334 e. The molecular formula is C21H21BrN4OS. The average molecular weight is 457 g/mol. The van der Waals surface area contributed by atoms with Crippen molar-refractivity contribution < 1.29 is 0 Å². The summed E-state index contributed by atoms with van der Waals surface area (Å²) in [7, 11) is 0. The average Bonchev–Trinajstić information content (AvgIpc) is 2.69. The number of nitrogens with zero attached hydrogens (tertiary/aromatic N) is 3. The Morgan fingerprint density at radius 2 is 1.93 bits per heavy atom. The van der Waals surface area contributed by atoms with Gasteiger partial charge < -0.3 is 5.32 Å². The number of anilines is 2. The van der Waals surface area contributed by atoms with Gasteiger partial charge >= 0.3 is 0 Å². The molecule has 0 spiro atoms. The van der Waals surface area contributed by atoms with Gasteiger partial charge in [0, 0.05) is 22.5 Å². The SMILES string of the molecule is C=CCn1c(SCc2ccc(Br)cc2)nnc(Nc2cccc(C)c2C)c1=O. The molecule has 28 heavy (non-hydrogen) atoms. The summed E-state index contributed by atoms with van der Waals surface area (Å²) in [6.45, 7) is 8.18. The van der Waals surface area contributed by atoms with E-state index in [0.717, 1.165) is 26.9 Å². The molecule has 0 aliphatic carbocycles. The van der Waals surface area contributed by atoms with Crippen LogP contribution in [0.5, 0.6) is 0 Å². The second kappa shape index (κ2) is 9.21. The van der Waals surface area contributed by atoms with Gasteiger partial charge in [0.15, 0.2) is 5.16 Å². The van der Waals surface area contributed by atoms with E-state index in [4.69, 9.17) is 0 Å². The zero-order valence-electron chi connectivity index (χ0n) is 15.8. The van der Waals surface area contributed by atoms with Crippen LogP contribution in [0, 0.1) is 13.8 Å². The van der Waals surface area contributed by atoms with Gasteiger partial charge in [-0.2, -0.15) is 0 Å². The fourth-order valence-electron chi connectivity index (χ4n) is 2.62. The first-order chi connectivity index (χ1) is 13.5. The van der Waals surface area contributed by atoms with Crippen molar-refractivity contribution in [1.82, 2.24) is 14.8 Å². The lowest BCUT2D eigenvalue weighted by Gasteiger charge is -2.13. The van der Waals surface area contributed by atoms with Crippen LogP contribution in [-0.2, 0) is 12.3 Å². The third kappa shape index (κ3) is 4.72. The molecule has 2 aromatic carbocycles. The highest BCUT2D eigenvalue weighted by Crippen LogP contribution is 2.23. The van der Waals surface area contributed by atoms with Gasteiger partial charge in [-0.3, -0.25) is 9.36 Å². The Hall–Kier alpha value is -2.38. The van der Waals surface area contributed by atoms with Crippen LogP contribution in [-0.4, -0.2) is 14.8 Å². The van der Waals surface area contributed by atoms with E-state index >= 15 is 0 Å². The van der Waals surface area contributed by atoms with Crippen molar-refractivity contribution in [2.24, 2.45) is 0 Å². The van der Waals surface area contributed by atoms with Crippen molar-refractivity contribution in [2.75, 3.05) is 5.32 Å². The fraction of sp³-hybridized carbons (Fsp3) is 0.190. The first kappa shape index (κ1) is 20.4. The second-order valence-corrected chi connectivity index (χ2v) is 8.18. The van der Waals surface area contributed by atoms with Crippen LogP contribution < -0.4 is 10.9 Å². The molecule has 0 aliphatic heterocycles. The van der Waals surface area contributed by atoms with Crippen LogP contribution in [0.15, 0.2) is 69.5 Å². The molecule has 0 fully saturated rings. The van der Waals surface area contributed by atoms with Gasteiger partial charge in [0.25, 0.3) is 5.56 Å². The van der Waals surface area contributed by atoms with Crippen LogP contribution >= 0.6 is 27.7 Å². The molecule has 0 aliphatic rings. The Balaban J connectivity index is 1.87. The smallest absolute Gasteiger partial charge is 0.297 e. The van der Waals surface area contributed by atoms with Gasteiger partial charge in [0.05, 0.1) is 0 Å². The van der Waals surface area contributed by atoms with Gasteiger partial charge in [0.1, 0.15) is 0 Å². The van der Waals surface area contributed by atoms with Crippen LogP contribution in [0.1, 0.15) is 16.7 Å². The Labute approximate surface area is 177 Å². The van der Waals surface area contributed by atoms with Crippen LogP contribution in [0.4, 0.5) is 11.5 Å². The van der Waals surface area contributed by atoms with E-state index in [1.165, 1.54) is 11.8 Å². The summed E-state index contributed by atoms with van der Waals surface area (Å²) < 4.78 is 2.63. The number of nitrogens with one attached hydrogen (secondary N) is 1. The molecule has 3 rings (SSSR count). The topological polar surface area (TPSA) is 59.8 Å². The first-order valence-electron chi connectivity index (χ1n) is 8.78. The molecule has 144 valence electrons. The molecule has 0 bridgehead atoms. The van der Waals surface area contributed by atoms with Crippen LogP contribution in [0.2, 0.25) is 0 Å². The molecule has 0 saturated heterocycles. The molecule has 1 heterocycles. The van der Waals surface area contributed by atoms with Gasteiger partial charge in [-0.15, -0.1) is 16.8 Å². The molecule has 1 N–H and O–H groups in total. The number of hydrogen-bond acceptors (Lipinski definition) is 5. The van der Waals surface area contributed by atoms with Crippen LogP contribution in [0.25, 0.3) is 0 Å². The second-order valence-electron chi connectivity index (χ2n) is 6.32. The standard InChI is InChI=1S/C21H21BrN4OS/c1-4-12-26-20(27)19(23-18-7-5-6-14(2)15(18)3)24-25-21(26)28-13-16-8-10-17(22)11-9-16/h4-11H,1,12-13H2,2-3H3,(H,23,24).